The number of alkyl halides is 2. The van der Waals surface area contributed by atoms with E-state index in [1.54, 1.807) is 6.92 Å². The number of rotatable bonds is 8. The third-order valence-corrected chi connectivity index (χ3v) is 6.26. The van der Waals surface area contributed by atoms with Gasteiger partial charge in [0.25, 0.3) is 12.3 Å². The summed E-state index contributed by atoms with van der Waals surface area (Å²) in [6, 6.07) is 8.54. The maximum atomic E-state index is 13.5. The largest absolute Gasteiger partial charge is 0.504 e. The van der Waals surface area contributed by atoms with Crippen LogP contribution in [-0.2, 0) is 21.4 Å². The lowest BCUT2D eigenvalue weighted by Gasteiger charge is -2.34. The minimum atomic E-state index is -3.08. The van der Waals surface area contributed by atoms with Gasteiger partial charge in [0, 0.05) is 25.2 Å². The minimum absolute atomic E-state index is 0.0670. The number of piperidine rings is 1. The van der Waals surface area contributed by atoms with E-state index in [2.05, 4.69) is 65.2 Å². The lowest BCUT2D eigenvalue weighted by molar-refractivity contribution is -0.141. The Balaban J connectivity index is 1.67. The first-order valence-electron chi connectivity index (χ1n) is 12.2. The molecule has 0 spiro atoms. The summed E-state index contributed by atoms with van der Waals surface area (Å²) < 4.78 is 31.8. The second kappa shape index (κ2) is 11.6. The SMILES string of the molecule is CCOC(=O)CNC(=O)c1nc(CC2CCN(c3ccc(C(C)(C)C)cc3)CC2)nc(C(F)F)c1O. The van der Waals surface area contributed by atoms with Crippen molar-refractivity contribution in [1.29, 1.82) is 0 Å². The Morgan fingerprint density at radius 3 is 2.36 bits per heavy atom. The number of anilines is 1. The first-order valence-corrected chi connectivity index (χ1v) is 12.2. The molecular formula is C26H34F2N4O4. The van der Waals surface area contributed by atoms with Crippen molar-refractivity contribution in [2.75, 3.05) is 31.1 Å². The molecule has 0 bridgehead atoms. The second-order valence-corrected chi connectivity index (χ2v) is 9.94. The number of ether oxygens (including phenoxy) is 1. The van der Waals surface area contributed by atoms with E-state index in [0.29, 0.717) is 6.42 Å². The Bertz CT molecular complexity index is 1060. The Labute approximate surface area is 210 Å². The predicted molar refractivity (Wildman–Crippen MR) is 131 cm³/mol. The number of aromatic hydroxyl groups is 1. The van der Waals surface area contributed by atoms with Gasteiger partial charge in [0.15, 0.2) is 17.1 Å². The molecule has 196 valence electrons. The van der Waals surface area contributed by atoms with Gasteiger partial charge in [-0.3, -0.25) is 9.59 Å². The molecule has 2 N–H and O–H groups in total. The van der Waals surface area contributed by atoms with Crippen LogP contribution in [0.3, 0.4) is 0 Å². The minimum Gasteiger partial charge on any atom is -0.504 e. The van der Waals surface area contributed by atoms with Crippen LogP contribution in [0.1, 0.15) is 74.5 Å². The summed E-state index contributed by atoms with van der Waals surface area (Å²) in [6.45, 7) is 9.40. The van der Waals surface area contributed by atoms with E-state index in [0.717, 1.165) is 31.6 Å². The molecule has 1 aliphatic rings. The van der Waals surface area contributed by atoms with Gasteiger partial charge in [-0.05, 0) is 48.8 Å². The molecule has 1 amide bonds. The Hall–Kier alpha value is -3.30. The Kier molecular flexibility index (Phi) is 8.81. The number of amides is 1. The summed E-state index contributed by atoms with van der Waals surface area (Å²) in [6.07, 6.45) is -1.17. The van der Waals surface area contributed by atoms with Gasteiger partial charge in [-0.15, -0.1) is 0 Å². The van der Waals surface area contributed by atoms with Gasteiger partial charge < -0.3 is 20.1 Å². The fraction of sp³-hybridized carbons (Fsp3) is 0.538. The molecule has 0 saturated carbocycles. The van der Waals surface area contributed by atoms with E-state index in [-0.39, 0.29) is 23.8 Å². The number of carbonyl (C=O) groups excluding carboxylic acids is 2. The van der Waals surface area contributed by atoms with E-state index in [1.807, 2.05) is 0 Å². The highest BCUT2D eigenvalue weighted by atomic mass is 19.3. The van der Waals surface area contributed by atoms with Crippen LogP contribution in [0.15, 0.2) is 24.3 Å². The van der Waals surface area contributed by atoms with Crippen molar-refractivity contribution >= 4 is 17.6 Å². The van der Waals surface area contributed by atoms with Gasteiger partial charge in [-0.2, -0.15) is 0 Å². The number of nitrogens with zero attached hydrogens (tertiary/aromatic N) is 3. The molecule has 2 heterocycles. The fourth-order valence-electron chi connectivity index (χ4n) is 4.20. The first-order chi connectivity index (χ1) is 17.0. The van der Waals surface area contributed by atoms with Crippen LogP contribution < -0.4 is 10.2 Å². The van der Waals surface area contributed by atoms with Gasteiger partial charge in [-0.25, -0.2) is 18.7 Å². The number of nitrogens with one attached hydrogen (secondary N) is 1. The van der Waals surface area contributed by atoms with Gasteiger partial charge >= 0.3 is 5.97 Å². The Morgan fingerprint density at radius 1 is 1.17 bits per heavy atom. The standard InChI is InChI=1S/C26H34F2N4O4/c1-5-36-20(33)15-29-25(35)22-23(34)21(24(27)28)30-19(31-22)14-16-10-12-32(13-11-16)18-8-6-17(7-9-18)26(2,3)4/h6-9,16,24,34H,5,10-15H2,1-4H3,(H,29,35). The highest BCUT2D eigenvalue weighted by Gasteiger charge is 2.27. The third-order valence-electron chi connectivity index (χ3n) is 6.26. The van der Waals surface area contributed by atoms with Crippen LogP contribution >= 0.6 is 0 Å². The molecule has 0 atom stereocenters. The molecule has 1 aliphatic heterocycles. The molecule has 10 heteroatoms. The molecule has 0 radical (unpaired) electrons. The zero-order valence-corrected chi connectivity index (χ0v) is 21.2. The van der Waals surface area contributed by atoms with E-state index in [9.17, 15) is 23.5 Å². The van der Waals surface area contributed by atoms with E-state index >= 15 is 0 Å². The molecule has 36 heavy (non-hydrogen) atoms. The fourth-order valence-corrected chi connectivity index (χ4v) is 4.20. The summed E-state index contributed by atoms with van der Waals surface area (Å²) in [5, 5.41) is 12.4. The predicted octanol–water partition coefficient (Wildman–Crippen LogP) is 4.17. The molecule has 0 aliphatic carbocycles. The number of halogens is 2. The van der Waals surface area contributed by atoms with E-state index in [4.69, 9.17) is 4.74 Å². The van der Waals surface area contributed by atoms with Crippen molar-refractivity contribution in [2.45, 2.75) is 58.8 Å². The highest BCUT2D eigenvalue weighted by molar-refractivity contribution is 5.96. The maximum absolute atomic E-state index is 13.5. The van der Waals surface area contributed by atoms with Crippen LogP contribution in [0.4, 0.5) is 14.5 Å². The van der Waals surface area contributed by atoms with E-state index in [1.165, 1.54) is 5.56 Å². The highest BCUT2D eigenvalue weighted by Crippen LogP contribution is 2.31. The quantitative estimate of drug-likeness (QED) is 0.520. The molecular weight excluding hydrogens is 470 g/mol. The first kappa shape index (κ1) is 27.3. The molecule has 1 saturated heterocycles. The number of benzene rings is 1. The summed E-state index contributed by atoms with van der Waals surface area (Å²) in [5.74, 6) is -2.41. The lowest BCUT2D eigenvalue weighted by Crippen LogP contribution is -2.35. The smallest absolute Gasteiger partial charge is 0.325 e. The van der Waals surface area contributed by atoms with Crippen molar-refractivity contribution in [3.63, 3.8) is 0 Å². The summed E-state index contributed by atoms with van der Waals surface area (Å²) in [4.78, 5) is 34.2. The monoisotopic (exact) mass is 504 g/mol. The summed E-state index contributed by atoms with van der Waals surface area (Å²) >= 11 is 0. The number of esters is 1. The average molecular weight is 505 g/mol. The molecule has 3 rings (SSSR count). The molecule has 1 aromatic heterocycles. The van der Waals surface area contributed by atoms with Gasteiger partial charge in [-0.1, -0.05) is 32.9 Å². The molecule has 8 nitrogen and oxygen atoms in total. The van der Waals surface area contributed by atoms with Gasteiger partial charge in [0.05, 0.1) is 6.61 Å². The average Bonchev–Trinajstić information content (AvgIpc) is 2.83. The van der Waals surface area contributed by atoms with Crippen LogP contribution in [0.5, 0.6) is 5.75 Å². The van der Waals surface area contributed by atoms with Crippen LogP contribution in [0.25, 0.3) is 0 Å². The summed E-state index contributed by atoms with van der Waals surface area (Å²) in [5.41, 5.74) is 1.03. The van der Waals surface area contributed by atoms with Crippen molar-refractivity contribution in [2.24, 2.45) is 5.92 Å². The lowest BCUT2D eigenvalue weighted by atomic mass is 9.87. The molecule has 1 fully saturated rings. The number of aromatic nitrogens is 2. The molecule has 2 aromatic rings. The second-order valence-electron chi connectivity index (χ2n) is 9.94. The number of hydrogen-bond acceptors (Lipinski definition) is 7. The van der Waals surface area contributed by atoms with Gasteiger partial charge in [0.1, 0.15) is 12.4 Å². The number of carbonyl (C=O) groups is 2. The van der Waals surface area contributed by atoms with Crippen molar-refractivity contribution in [3.05, 3.63) is 47.0 Å². The van der Waals surface area contributed by atoms with Crippen molar-refractivity contribution < 1.29 is 28.2 Å². The molecule has 1 aromatic carbocycles. The van der Waals surface area contributed by atoms with E-state index < -0.39 is 42.0 Å². The Morgan fingerprint density at radius 2 is 1.81 bits per heavy atom. The van der Waals surface area contributed by atoms with Crippen LogP contribution in [-0.4, -0.2) is 53.2 Å². The zero-order valence-electron chi connectivity index (χ0n) is 21.2. The van der Waals surface area contributed by atoms with Crippen molar-refractivity contribution in [1.82, 2.24) is 15.3 Å². The normalized spacial score (nSPS) is 14.7. The summed E-state index contributed by atoms with van der Waals surface area (Å²) in [7, 11) is 0. The third kappa shape index (κ3) is 6.89. The number of hydrogen-bond donors (Lipinski definition) is 2. The molecule has 0 unspecified atom stereocenters. The maximum Gasteiger partial charge on any atom is 0.325 e. The van der Waals surface area contributed by atoms with Gasteiger partial charge in [0.2, 0.25) is 0 Å². The topological polar surface area (TPSA) is 105 Å². The zero-order chi connectivity index (χ0) is 26.5. The van der Waals surface area contributed by atoms with Crippen molar-refractivity contribution in [3.8, 4) is 5.75 Å². The van der Waals surface area contributed by atoms with Crippen LogP contribution in [0, 0.1) is 5.92 Å². The van der Waals surface area contributed by atoms with Crippen LogP contribution in [0.2, 0.25) is 0 Å².